The summed E-state index contributed by atoms with van der Waals surface area (Å²) in [7, 11) is 0. The summed E-state index contributed by atoms with van der Waals surface area (Å²) in [5.74, 6) is 3.86. The number of hydrogen-bond donors (Lipinski definition) is 1. The van der Waals surface area contributed by atoms with Crippen molar-refractivity contribution < 1.29 is 32.3 Å². The fourth-order valence-electron chi connectivity index (χ4n) is 2.63. The van der Waals surface area contributed by atoms with Crippen molar-refractivity contribution in [1.82, 2.24) is 5.32 Å². The predicted octanol–water partition coefficient (Wildman–Crippen LogP) is 3.52. The van der Waals surface area contributed by atoms with Gasteiger partial charge in [-0.15, -0.1) is 0 Å². The van der Waals surface area contributed by atoms with E-state index in [0.717, 1.165) is 5.84 Å². The standard InChI is InChI=1S/C19H13F3O3.C4H6N2O/c1-12-10-15(7-8-16(12)25-19(21)22)18(24)17(23)14-6-2-4-13(11-14)5-3-9-20;1-3-5-2-4(7)6-3/h2,4,6-8,10-11,19H,9H2,1H3;2H2,1H3,(H,5,6,7). The number of nitrogens with zero attached hydrogens (tertiary/aromatic N) is 1. The molecule has 0 bridgehead atoms. The fourth-order valence-corrected chi connectivity index (χ4v) is 2.63. The van der Waals surface area contributed by atoms with E-state index in [0.29, 0.717) is 17.7 Å². The van der Waals surface area contributed by atoms with Gasteiger partial charge < -0.3 is 10.1 Å². The zero-order valence-corrected chi connectivity index (χ0v) is 17.2. The van der Waals surface area contributed by atoms with Crippen LogP contribution in [0.25, 0.3) is 0 Å². The molecule has 3 rings (SSSR count). The number of ether oxygens (including phenoxy) is 1. The van der Waals surface area contributed by atoms with Gasteiger partial charge in [-0.1, -0.05) is 24.0 Å². The van der Waals surface area contributed by atoms with Gasteiger partial charge in [-0.3, -0.25) is 19.4 Å². The lowest BCUT2D eigenvalue weighted by Gasteiger charge is -2.09. The molecule has 1 heterocycles. The molecule has 1 amide bonds. The molecule has 1 aliphatic rings. The van der Waals surface area contributed by atoms with Crippen LogP contribution < -0.4 is 10.1 Å². The molecule has 2 aromatic carbocycles. The van der Waals surface area contributed by atoms with E-state index >= 15 is 0 Å². The smallest absolute Gasteiger partial charge is 0.387 e. The molecule has 0 radical (unpaired) electrons. The highest BCUT2D eigenvalue weighted by Crippen LogP contribution is 2.22. The minimum absolute atomic E-state index is 0.00231. The predicted molar refractivity (Wildman–Crippen MR) is 112 cm³/mol. The molecule has 0 aromatic heterocycles. The summed E-state index contributed by atoms with van der Waals surface area (Å²) in [6.45, 7) is -0.221. The Bertz CT molecular complexity index is 1120. The number of halogens is 3. The van der Waals surface area contributed by atoms with Crippen molar-refractivity contribution in [3.63, 3.8) is 0 Å². The molecule has 1 aliphatic heterocycles. The second-order valence-electron chi connectivity index (χ2n) is 6.48. The van der Waals surface area contributed by atoms with Crippen LogP contribution in [0.15, 0.2) is 47.5 Å². The third-order valence-electron chi connectivity index (χ3n) is 4.06. The molecule has 0 saturated heterocycles. The average molecular weight is 444 g/mol. The minimum atomic E-state index is -2.98. The number of hydrogen-bond acceptors (Lipinski definition) is 5. The van der Waals surface area contributed by atoms with Crippen molar-refractivity contribution in [3.8, 4) is 17.6 Å². The fraction of sp³-hybridized carbons (Fsp3) is 0.217. The number of carbonyl (C=O) groups is 3. The van der Waals surface area contributed by atoms with Crippen LogP contribution in [-0.4, -0.2) is 43.1 Å². The molecule has 1 N–H and O–H groups in total. The Morgan fingerprint density at radius 3 is 2.31 bits per heavy atom. The molecule has 0 spiro atoms. The molecule has 9 heteroatoms. The minimum Gasteiger partial charge on any atom is -0.435 e. The molecule has 2 aromatic rings. The molecule has 0 saturated carbocycles. The Kier molecular flexibility index (Phi) is 8.72. The summed E-state index contributed by atoms with van der Waals surface area (Å²) in [6.07, 6.45) is 0. The SMILES string of the molecule is CC1=NCC(=O)N1.Cc1cc(C(=O)C(=O)c2cccc(C#CCF)c2)ccc1OC(F)F. The Morgan fingerprint density at radius 2 is 1.81 bits per heavy atom. The van der Waals surface area contributed by atoms with Crippen LogP contribution in [0.3, 0.4) is 0 Å². The highest BCUT2D eigenvalue weighted by atomic mass is 19.3. The monoisotopic (exact) mass is 444 g/mol. The van der Waals surface area contributed by atoms with Crippen LogP contribution in [0.2, 0.25) is 0 Å². The summed E-state index contributed by atoms with van der Waals surface area (Å²) < 4.78 is 40.9. The van der Waals surface area contributed by atoms with E-state index in [2.05, 4.69) is 26.9 Å². The summed E-state index contributed by atoms with van der Waals surface area (Å²) in [4.78, 5) is 38.6. The molecule has 6 nitrogen and oxygen atoms in total. The number of aryl methyl sites for hydroxylation is 1. The first kappa shape index (κ1) is 24.3. The number of rotatable bonds is 5. The first-order chi connectivity index (χ1) is 15.2. The van der Waals surface area contributed by atoms with E-state index in [1.54, 1.807) is 13.0 Å². The van der Waals surface area contributed by atoms with Gasteiger partial charge in [0.1, 0.15) is 18.1 Å². The molecular formula is C23H19F3N2O4. The van der Waals surface area contributed by atoms with Crippen molar-refractivity contribution in [2.75, 3.05) is 13.2 Å². The lowest BCUT2D eigenvalue weighted by Crippen LogP contribution is -2.21. The van der Waals surface area contributed by atoms with E-state index in [1.165, 1.54) is 43.3 Å². The first-order valence-corrected chi connectivity index (χ1v) is 9.31. The summed E-state index contributed by atoms with van der Waals surface area (Å²) >= 11 is 0. The molecule has 0 unspecified atom stereocenters. The maximum atomic E-state index is 12.3. The van der Waals surface area contributed by atoms with Crippen LogP contribution in [0.1, 0.15) is 38.8 Å². The van der Waals surface area contributed by atoms with Crippen molar-refractivity contribution in [2.45, 2.75) is 20.5 Å². The number of carbonyl (C=O) groups excluding carboxylic acids is 3. The van der Waals surface area contributed by atoms with Crippen molar-refractivity contribution in [3.05, 3.63) is 64.7 Å². The van der Waals surface area contributed by atoms with Crippen LogP contribution in [0.5, 0.6) is 5.75 Å². The third-order valence-corrected chi connectivity index (χ3v) is 4.06. The zero-order valence-electron chi connectivity index (χ0n) is 17.2. The quantitative estimate of drug-likeness (QED) is 0.435. The Hall–Kier alpha value is -3.93. The molecule has 0 fully saturated rings. The molecule has 166 valence electrons. The molecular weight excluding hydrogens is 425 g/mol. The Morgan fingerprint density at radius 1 is 1.12 bits per heavy atom. The molecule has 32 heavy (non-hydrogen) atoms. The molecule has 0 aliphatic carbocycles. The van der Waals surface area contributed by atoms with Gasteiger partial charge >= 0.3 is 6.61 Å². The second kappa shape index (κ2) is 11.5. The maximum absolute atomic E-state index is 12.3. The average Bonchev–Trinajstić information content (AvgIpc) is 3.15. The van der Waals surface area contributed by atoms with Gasteiger partial charge in [0.2, 0.25) is 17.5 Å². The normalized spacial score (nSPS) is 12.1. The van der Waals surface area contributed by atoms with Crippen LogP contribution in [-0.2, 0) is 4.79 Å². The van der Waals surface area contributed by atoms with Crippen molar-refractivity contribution in [1.29, 1.82) is 0 Å². The van der Waals surface area contributed by atoms with E-state index in [1.807, 2.05) is 0 Å². The lowest BCUT2D eigenvalue weighted by molar-refractivity contribution is -0.117. The van der Waals surface area contributed by atoms with Gasteiger partial charge in [0, 0.05) is 16.7 Å². The van der Waals surface area contributed by atoms with Crippen molar-refractivity contribution in [2.24, 2.45) is 4.99 Å². The number of aliphatic imine (C=N–C) groups is 1. The van der Waals surface area contributed by atoms with E-state index in [4.69, 9.17) is 0 Å². The van der Waals surface area contributed by atoms with E-state index in [9.17, 15) is 27.6 Å². The summed E-state index contributed by atoms with van der Waals surface area (Å²) in [6, 6.07) is 9.73. The highest BCUT2D eigenvalue weighted by Gasteiger charge is 2.20. The number of Topliss-reactive ketones (excluding diaryl/α,β-unsaturated/α-hetero) is 2. The highest BCUT2D eigenvalue weighted by molar-refractivity contribution is 6.49. The van der Waals surface area contributed by atoms with Gasteiger partial charge in [0.25, 0.3) is 0 Å². The second-order valence-corrected chi connectivity index (χ2v) is 6.48. The summed E-state index contributed by atoms with van der Waals surface area (Å²) in [5.41, 5.74) is 0.889. The Labute approximate surface area is 182 Å². The number of amides is 1. The first-order valence-electron chi connectivity index (χ1n) is 9.31. The molecule has 0 atom stereocenters. The largest absolute Gasteiger partial charge is 0.435 e. The third kappa shape index (κ3) is 7.09. The van der Waals surface area contributed by atoms with Gasteiger partial charge in [-0.25, -0.2) is 4.39 Å². The van der Waals surface area contributed by atoms with E-state index in [-0.39, 0.29) is 22.8 Å². The lowest BCUT2D eigenvalue weighted by atomic mass is 9.99. The van der Waals surface area contributed by atoms with Crippen molar-refractivity contribution >= 4 is 23.3 Å². The number of nitrogens with one attached hydrogen (secondary N) is 1. The number of alkyl halides is 3. The van der Waals surface area contributed by atoms with Gasteiger partial charge in [-0.2, -0.15) is 8.78 Å². The zero-order chi connectivity index (χ0) is 23.7. The van der Waals surface area contributed by atoms with Crippen LogP contribution in [0.4, 0.5) is 13.2 Å². The Balaban J connectivity index is 0.000000439. The number of amidine groups is 1. The maximum Gasteiger partial charge on any atom is 0.387 e. The van der Waals surface area contributed by atoms with Crippen LogP contribution >= 0.6 is 0 Å². The topological polar surface area (TPSA) is 84.8 Å². The number of ketones is 2. The summed E-state index contributed by atoms with van der Waals surface area (Å²) in [5, 5.41) is 2.53. The van der Waals surface area contributed by atoms with Gasteiger partial charge in [-0.05, 0) is 49.7 Å². The van der Waals surface area contributed by atoms with Gasteiger partial charge in [0.05, 0.1) is 0 Å². The number of benzene rings is 2. The van der Waals surface area contributed by atoms with Crippen LogP contribution in [0, 0.1) is 18.8 Å². The van der Waals surface area contributed by atoms with E-state index < -0.39 is 24.9 Å². The van der Waals surface area contributed by atoms with Gasteiger partial charge in [0.15, 0.2) is 6.67 Å².